The summed E-state index contributed by atoms with van der Waals surface area (Å²) in [5, 5.41) is 0. The molecule has 2 heteroatoms. The van der Waals surface area contributed by atoms with Crippen LogP contribution in [0.25, 0.3) is 11.1 Å². The predicted molar refractivity (Wildman–Crippen MR) is 79.5 cm³/mol. The largest absolute Gasteiger partial charge is 0.122 e. The van der Waals surface area contributed by atoms with Crippen LogP contribution in [0.4, 0.5) is 0 Å². The molecule has 94 valence electrons. The van der Waals surface area contributed by atoms with Gasteiger partial charge < -0.3 is 0 Å². The van der Waals surface area contributed by atoms with Crippen molar-refractivity contribution in [3.05, 3.63) is 71.3 Å². The molecule has 19 heavy (non-hydrogen) atoms. The molecule has 0 saturated carbocycles. The third-order valence-corrected chi connectivity index (χ3v) is 3.79. The van der Waals surface area contributed by atoms with Gasteiger partial charge in [-0.05, 0) is 40.7 Å². The first-order chi connectivity index (χ1) is 8.90. The Kier molecular flexibility index (Phi) is 5.04. The number of hydrogen-bond donors (Lipinski definition) is 0. The molecule has 0 aromatic heterocycles. The molecule has 0 atom stereocenters. The standard InChI is InChI=1S/C17H15Cl.Ti/c18-12-15-10-5-11-16(13-6-1-2-7-13)17(15)14-8-3-4-9-14;/h1-6,8,10-11H,7,9,12H2;. The molecule has 0 bridgehead atoms. The molecular formula is C17H15ClTi. The van der Waals surface area contributed by atoms with Crippen LogP contribution in [-0.4, -0.2) is 0 Å². The first kappa shape index (κ1) is 14.6. The topological polar surface area (TPSA) is 0 Å². The van der Waals surface area contributed by atoms with E-state index in [1.807, 2.05) is 0 Å². The van der Waals surface area contributed by atoms with Crippen molar-refractivity contribution in [3.63, 3.8) is 0 Å². The molecule has 0 fully saturated rings. The normalized spacial score (nSPS) is 16.3. The number of halogens is 1. The number of alkyl halides is 1. The SMILES string of the molecule is ClCc1cccc(C2=CC=CC2)c1C1=CC=CC1.[Ti]. The summed E-state index contributed by atoms with van der Waals surface area (Å²) in [5.41, 5.74) is 6.69. The fraction of sp³-hybridized carbons (Fsp3) is 0.176. The van der Waals surface area contributed by atoms with E-state index in [4.69, 9.17) is 11.6 Å². The van der Waals surface area contributed by atoms with Gasteiger partial charge in [-0.3, -0.25) is 0 Å². The van der Waals surface area contributed by atoms with Crippen molar-refractivity contribution < 1.29 is 21.7 Å². The van der Waals surface area contributed by atoms with E-state index in [1.54, 1.807) is 0 Å². The van der Waals surface area contributed by atoms with E-state index >= 15 is 0 Å². The van der Waals surface area contributed by atoms with Gasteiger partial charge in [0.15, 0.2) is 0 Å². The van der Waals surface area contributed by atoms with Gasteiger partial charge in [-0.1, -0.05) is 54.7 Å². The third-order valence-electron chi connectivity index (χ3n) is 3.50. The number of allylic oxidation sites excluding steroid dienone is 8. The molecule has 0 unspecified atom stereocenters. The Hall–Kier alpha value is -0.816. The van der Waals surface area contributed by atoms with Crippen LogP contribution >= 0.6 is 11.6 Å². The summed E-state index contributed by atoms with van der Waals surface area (Å²) in [7, 11) is 0. The Morgan fingerprint density at radius 2 is 1.63 bits per heavy atom. The number of benzene rings is 1. The summed E-state index contributed by atoms with van der Waals surface area (Å²) in [6, 6.07) is 6.45. The van der Waals surface area contributed by atoms with Gasteiger partial charge in [0.1, 0.15) is 0 Å². The van der Waals surface area contributed by atoms with Crippen LogP contribution < -0.4 is 0 Å². The fourth-order valence-electron chi connectivity index (χ4n) is 2.64. The molecule has 2 aliphatic rings. The van der Waals surface area contributed by atoms with Gasteiger partial charge in [0.25, 0.3) is 0 Å². The minimum atomic E-state index is 0. The van der Waals surface area contributed by atoms with Crippen molar-refractivity contribution >= 4 is 22.7 Å². The number of hydrogen-bond acceptors (Lipinski definition) is 0. The van der Waals surface area contributed by atoms with Crippen LogP contribution in [0.5, 0.6) is 0 Å². The molecule has 1 aromatic carbocycles. The summed E-state index contributed by atoms with van der Waals surface area (Å²) >= 11 is 6.11. The van der Waals surface area contributed by atoms with E-state index in [9.17, 15) is 0 Å². The molecule has 0 saturated heterocycles. The quantitative estimate of drug-likeness (QED) is 0.537. The smallest absolute Gasteiger partial charge is 0.0480 e. The Labute approximate surface area is 134 Å². The van der Waals surface area contributed by atoms with Gasteiger partial charge in [0.2, 0.25) is 0 Å². The Morgan fingerprint density at radius 1 is 0.947 bits per heavy atom. The monoisotopic (exact) mass is 302 g/mol. The maximum atomic E-state index is 6.11. The average Bonchev–Trinajstić information content (AvgIpc) is 3.10. The van der Waals surface area contributed by atoms with Crippen LogP contribution in [0.15, 0.2) is 54.7 Å². The first-order valence-electron chi connectivity index (χ1n) is 6.30. The molecule has 0 heterocycles. The molecule has 0 N–H and O–H groups in total. The van der Waals surface area contributed by atoms with Gasteiger partial charge in [0.05, 0.1) is 0 Å². The van der Waals surface area contributed by atoms with E-state index < -0.39 is 0 Å². The molecule has 0 aliphatic heterocycles. The van der Waals surface area contributed by atoms with Gasteiger partial charge >= 0.3 is 0 Å². The maximum Gasteiger partial charge on any atom is 0.0480 e. The van der Waals surface area contributed by atoms with Crippen LogP contribution in [-0.2, 0) is 27.6 Å². The Morgan fingerprint density at radius 3 is 2.21 bits per heavy atom. The van der Waals surface area contributed by atoms with Crippen molar-refractivity contribution in [1.82, 2.24) is 0 Å². The molecule has 0 spiro atoms. The molecule has 0 nitrogen and oxygen atoms in total. The van der Waals surface area contributed by atoms with Crippen LogP contribution in [0.3, 0.4) is 0 Å². The Bertz CT molecular complexity index is 591. The van der Waals surface area contributed by atoms with Crippen molar-refractivity contribution in [2.75, 3.05) is 0 Å². The minimum absolute atomic E-state index is 0. The van der Waals surface area contributed by atoms with E-state index in [1.165, 1.54) is 27.8 Å². The van der Waals surface area contributed by atoms with Gasteiger partial charge in [-0.25, -0.2) is 0 Å². The molecular weight excluding hydrogens is 288 g/mol. The second kappa shape index (κ2) is 6.57. The van der Waals surface area contributed by atoms with Gasteiger partial charge in [-0.15, -0.1) is 11.6 Å². The van der Waals surface area contributed by atoms with E-state index in [-0.39, 0.29) is 21.7 Å². The van der Waals surface area contributed by atoms with Crippen LogP contribution in [0.2, 0.25) is 0 Å². The second-order valence-electron chi connectivity index (χ2n) is 4.62. The summed E-state index contributed by atoms with van der Waals surface area (Å²) in [6.45, 7) is 0. The van der Waals surface area contributed by atoms with E-state index in [0.717, 1.165) is 12.8 Å². The zero-order valence-corrected chi connectivity index (χ0v) is 13.0. The Balaban J connectivity index is 0.00000133. The van der Waals surface area contributed by atoms with E-state index in [0.29, 0.717) is 5.88 Å². The fourth-order valence-corrected chi connectivity index (χ4v) is 2.86. The summed E-state index contributed by atoms with van der Waals surface area (Å²) < 4.78 is 0. The van der Waals surface area contributed by atoms with Crippen molar-refractivity contribution in [2.45, 2.75) is 18.7 Å². The maximum absolute atomic E-state index is 6.11. The predicted octanol–water partition coefficient (Wildman–Crippen LogP) is 5.11. The molecule has 0 radical (unpaired) electrons. The molecule has 2 aliphatic carbocycles. The van der Waals surface area contributed by atoms with Gasteiger partial charge in [-0.2, -0.15) is 0 Å². The second-order valence-corrected chi connectivity index (χ2v) is 4.89. The number of rotatable bonds is 3. The van der Waals surface area contributed by atoms with Crippen molar-refractivity contribution in [3.8, 4) is 0 Å². The molecule has 0 amide bonds. The zero-order chi connectivity index (χ0) is 12.4. The molecule has 1 aromatic rings. The summed E-state index contributed by atoms with van der Waals surface area (Å²) in [5.74, 6) is 0.571. The van der Waals surface area contributed by atoms with Crippen molar-refractivity contribution in [1.29, 1.82) is 0 Å². The zero-order valence-electron chi connectivity index (χ0n) is 10.7. The van der Waals surface area contributed by atoms with Gasteiger partial charge in [0, 0.05) is 27.6 Å². The van der Waals surface area contributed by atoms with E-state index in [2.05, 4.69) is 54.7 Å². The summed E-state index contributed by atoms with van der Waals surface area (Å²) in [4.78, 5) is 0. The average molecular weight is 303 g/mol. The first-order valence-corrected chi connectivity index (χ1v) is 6.83. The minimum Gasteiger partial charge on any atom is -0.122 e. The summed E-state index contributed by atoms with van der Waals surface area (Å²) in [6.07, 6.45) is 15.1. The third kappa shape index (κ3) is 2.87. The van der Waals surface area contributed by atoms with Crippen LogP contribution in [0.1, 0.15) is 29.5 Å². The molecule has 3 rings (SSSR count). The van der Waals surface area contributed by atoms with Crippen LogP contribution in [0, 0.1) is 0 Å². The van der Waals surface area contributed by atoms with Crippen molar-refractivity contribution in [2.24, 2.45) is 0 Å².